The molecule has 0 aliphatic carbocycles. The maximum absolute atomic E-state index is 12.9. The number of fused-ring (bicyclic) bond motifs is 2. The van der Waals surface area contributed by atoms with Gasteiger partial charge in [0, 0.05) is 37.8 Å². The summed E-state index contributed by atoms with van der Waals surface area (Å²) >= 11 is 0. The number of carbonyl (C=O) groups excluding carboxylic acids is 3. The van der Waals surface area contributed by atoms with Crippen molar-refractivity contribution in [3.05, 3.63) is 74.6 Å². The van der Waals surface area contributed by atoms with Gasteiger partial charge in [0.25, 0.3) is 11.8 Å². The second kappa shape index (κ2) is 8.99. The van der Waals surface area contributed by atoms with Crippen molar-refractivity contribution in [3.8, 4) is 5.75 Å². The van der Waals surface area contributed by atoms with Crippen LogP contribution in [0.3, 0.4) is 0 Å². The molecule has 0 saturated heterocycles. The van der Waals surface area contributed by atoms with Crippen LogP contribution in [0.25, 0.3) is 11.0 Å². The van der Waals surface area contributed by atoms with Crippen LogP contribution in [0.15, 0.2) is 45.6 Å². The zero-order chi connectivity index (χ0) is 23.7. The van der Waals surface area contributed by atoms with Gasteiger partial charge in [0.1, 0.15) is 11.3 Å². The van der Waals surface area contributed by atoms with Gasteiger partial charge in [-0.15, -0.1) is 0 Å². The normalized spacial score (nSPS) is 13.0. The number of methoxy groups -OCH3 is 1. The zero-order valence-corrected chi connectivity index (χ0v) is 18.6. The van der Waals surface area contributed by atoms with E-state index in [0.717, 1.165) is 21.4 Å². The molecule has 170 valence electrons. The van der Waals surface area contributed by atoms with E-state index < -0.39 is 17.5 Å². The molecule has 8 nitrogen and oxygen atoms in total. The second-order valence-electron chi connectivity index (χ2n) is 7.82. The van der Waals surface area contributed by atoms with Crippen LogP contribution in [0.2, 0.25) is 0 Å². The highest BCUT2D eigenvalue weighted by Crippen LogP contribution is 2.29. The number of esters is 1. The number of aryl methyl sites for hydroxylation is 2. The maximum atomic E-state index is 12.9. The molecular weight excluding hydrogens is 426 g/mol. The summed E-state index contributed by atoms with van der Waals surface area (Å²) in [5.41, 5.74) is 1.94. The Bertz CT molecular complexity index is 1340. The average molecular weight is 449 g/mol. The van der Waals surface area contributed by atoms with Crippen molar-refractivity contribution in [2.45, 2.75) is 26.7 Å². The first-order valence-electron chi connectivity index (χ1n) is 10.6. The number of hydrogen-bond donors (Lipinski definition) is 0. The Morgan fingerprint density at radius 2 is 1.79 bits per heavy atom. The van der Waals surface area contributed by atoms with E-state index in [0.29, 0.717) is 25.0 Å². The van der Waals surface area contributed by atoms with Crippen LogP contribution in [-0.2, 0) is 11.2 Å². The van der Waals surface area contributed by atoms with E-state index in [4.69, 9.17) is 13.9 Å². The van der Waals surface area contributed by atoms with Crippen molar-refractivity contribution in [3.63, 3.8) is 0 Å². The maximum Gasteiger partial charge on any atom is 0.343 e. The molecule has 0 bridgehead atoms. The summed E-state index contributed by atoms with van der Waals surface area (Å²) in [4.78, 5) is 51.1. The molecule has 2 amide bonds. The molecule has 1 aromatic heterocycles. The van der Waals surface area contributed by atoms with Crippen molar-refractivity contribution in [1.29, 1.82) is 0 Å². The van der Waals surface area contributed by atoms with Crippen LogP contribution in [0, 0.1) is 6.92 Å². The number of benzene rings is 2. The van der Waals surface area contributed by atoms with E-state index in [9.17, 15) is 19.2 Å². The number of nitrogens with zero attached hydrogens (tertiary/aromatic N) is 1. The Balaban J connectivity index is 1.62. The highest BCUT2D eigenvalue weighted by atomic mass is 16.5. The predicted molar refractivity (Wildman–Crippen MR) is 120 cm³/mol. The highest BCUT2D eigenvalue weighted by Gasteiger charge is 2.35. The largest absolute Gasteiger partial charge is 0.423 e. The molecule has 2 aromatic carbocycles. The van der Waals surface area contributed by atoms with Gasteiger partial charge >= 0.3 is 11.6 Å². The van der Waals surface area contributed by atoms with Gasteiger partial charge in [0.2, 0.25) is 0 Å². The van der Waals surface area contributed by atoms with Crippen LogP contribution in [0.5, 0.6) is 5.75 Å². The molecule has 1 aliphatic heterocycles. The van der Waals surface area contributed by atoms with Gasteiger partial charge in [0.05, 0.1) is 16.7 Å². The summed E-state index contributed by atoms with van der Waals surface area (Å²) in [7, 11) is 1.55. The lowest BCUT2D eigenvalue weighted by molar-refractivity contribution is 0.0638. The Kier molecular flexibility index (Phi) is 6.11. The minimum atomic E-state index is -0.681. The third kappa shape index (κ3) is 4.17. The van der Waals surface area contributed by atoms with Gasteiger partial charge in [-0.1, -0.05) is 6.92 Å². The molecule has 0 fully saturated rings. The van der Waals surface area contributed by atoms with E-state index in [1.165, 1.54) is 30.3 Å². The Morgan fingerprint density at radius 3 is 2.52 bits per heavy atom. The third-order valence-corrected chi connectivity index (χ3v) is 5.65. The number of carbonyl (C=O) groups is 3. The number of hydrogen-bond acceptors (Lipinski definition) is 7. The van der Waals surface area contributed by atoms with Crippen molar-refractivity contribution in [2.75, 3.05) is 20.3 Å². The minimum Gasteiger partial charge on any atom is -0.423 e. The lowest BCUT2D eigenvalue weighted by Crippen LogP contribution is -2.31. The van der Waals surface area contributed by atoms with Gasteiger partial charge in [-0.25, -0.2) is 9.59 Å². The summed E-state index contributed by atoms with van der Waals surface area (Å²) < 4.78 is 15.9. The smallest absolute Gasteiger partial charge is 0.343 e. The molecule has 0 spiro atoms. The van der Waals surface area contributed by atoms with Gasteiger partial charge < -0.3 is 13.9 Å². The Hall–Kier alpha value is -3.78. The first kappa shape index (κ1) is 22.4. The molecule has 0 atom stereocenters. The van der Waals surface area contributed by atoms with Gasteiger partial charge in [0.15, 0.2) is 0 Å². The number of ether oxygens (including phenoxy) is 2. The van der Waals surface area contributed by atoms with Crippen LogP contribution in [-0.4, -0.2) is 42.9 Å². The molecule has 1 aliphatic rings. The third-order valence-electron chi connectivity index (χ3n) is 5.65. The molecule has 0 radical (unpaired) electrons. The van der Waals surface area contributed by atoms with Gasteiger partial charge in [-0.2, -0.15) is 0 Å². The van der Waals surface area contributed by atoms with E-state index in [2.05, 4.69) is 0 Å². The lowest BCUT2D eigenvalue weighted by atomic mass is 10.0. The summed E-state index contributed by atoms with van der Waals surface area (Å²) in [6.45, 7) is 4.40. The minimum absolute atomic E-state index is 0.140. The van der Waals surface area contributed by atoms with E-state index >= 15 is 0 Å². The topological polar surface area (TPSA) is 103 Å². The number of amides is 2. The van der Waals surface area contributed by atoms with Gasteiger partial charge in [-0.3, -0.25) is 14.5 Å². The zero-order valence-electron chi connectivity index (χ0n) is 18.6. The van der Waals surface area contributed by atoms with Crippen molar-refractivity contribution >= 4 is 28.8 Å². The molecule has 33 heavy (non-hydrogen) atoms. The first-order chi connectivity index (χ1) is 15.8. The Labute approximate surface area is 189 Å². The standard InChI is InChI=1S/C25H23NO7/c1-4-15-11-18-14(2)10-22(27)32-21(18)13-20(15)33-25(30)16-6-7-17-19(12-16)24(29)26(23(17)28)8-5-9-31-3/h6-7,10-13H,4-5,8-9H2,1-3H3. The highest BCUT2D eigenvalue weighted by molar-refractivity contribution is 6.22. The van der Waals surface area contributed by atoms with E-state index in [1.54, 1.807) is 7.11 Å². The second-order valence-corrected chi connectivity index (χ2v) is 7.82. The molecule has 0 N–H and O–H groups in total. The number of rotatable bonds is 7. The van der Waals surface area contributed by atoms with Crippen molar-refractivity contribution in [2.24, 2.45) is 0 Å². The molecule has 0 unspecified atom stereocenters. The molecule has 0 saturated carbocycles. The van der Waals surface area contributed by atoms with Crippen LogP contribution < -0.4 is 10.4 Å². The summed E-state index contributed by atoms with van der Waals surface area (Å²) in [6.07, 6.45) is 1.11. The van der Waals surface area contributed by atoms with Crippen molar-refractivity contribution < 1.29 is 28.3 Å². The molecule has 8 heteroatoms. The lowest BCUT2D eigenvalue weighted by Gasteiger charge is -2.12. The van der Waals surface area contributed by atoms with Crippen LogP contribution in [0.1, 0.15) is 55.5 Å². The Morgan fingerprint density at radius 1 is 1.03 bits per heavy atom. The first-order valence-corrected chi connectivity index (χ1v) is 10.6. The monoisotopic (exact) mass is 449 g/mol. The fourth-order valence-electron chi connectivity index (χ4n) is 3.91. The fraction of sp³-hybridized carbons (Fsp3) is 0.280. The van der Waals surface area contributed by atoms with Crippen LogP contribution in [0.4, 0.5) is 0 Å². The fourth-order valence-corrected chi connectivity index (χ4v) is 3.91. The summed E-state index contributed by atoms with van der Waals surface area (Å²) in [5.74, 6) is -1.25. The summed E-state index contributed by atoms with van der Waals surface area (Å²) in [6, 6.07) is 9.08. The molecule has 4 rings (SSSR count). The molecule has 3 aromatic rings. The van der Waals surface area contributed by atoms with E-state index in [-0.39, 0.29) is 34.9 Å². The predicted octanol–water partition coefficient (Wildman–Crippen LogP) is 3.52. The van der Waals surface area contributed by atoms with E-state index in [1.807, 2.05) is 19.9 Å². The quantitative estimate of drug-likeness (QED) is 0.179. The molecular formula is C25H23NO7. The number of imide groups is 1. The van der Waals surface area contributed by atoms with Crippen molar-refractivity contribution in [1.82, 2.24) is 4.90 Å². The van der Waals surface area contributed by atoms with Gasteiger partial charge in [-0.05, 0) is 55.2 Å². The van der Waals surface area contributed by atoms with Crippen LogP contribution >= 0.6 is 0 Å². The average Bonchev–Trinajstić information content (AvgIpc) is 3.03. The summed E-state index contributed by atoms with van der Waals surface area (Å²) in [5, 5.41) is 0.765. The molecule has 2 heterocycles. The SMILES string of the molecule is CCc1cc2c(C)cc(=O)oc2cc1OC(=O)c1ccc2c(c1)C(=O)N(CCCOC)C2=O.